The molecule has 3 aromatic rings. The normalized spacial score (nSPS) is 10.5. The third kappa shape index (κ3) is 4.03. The molecule has 0 aliphatic carbocycles. The fourth-order valence-corrected chi connectivity index (χ4v) is 3.70. The number of methoxy groups -OCH3 is 1. The Bertz CT molecular complexity index is 916. The summed E-state index contributed by atoms with van der Waals surface area (Å²) in [6.45, 7) is 1.78. The zero-order valence-electron chi connectivity index (χ0n) is 13.3. The van der Waals surface area contributed by atoms with E-state index >= 15 is 0 Å². The lowest BCUT2D eigenvalue weighted by atomic mass is 10.3. The van der Waals surface area contributed by atoms with Crippen molar-refractivity contribution in [1.29, 1.82) is 0 Å². The highest BCUT2D eigenvalue weighted by molar-refractivity contribution is 8.01. The summed E-state index contributed by atoms with van der Waals surface area (Å²) >= 11 is 2.68. The van der Waals surface area contributed by atoms with E-state index in [1.807, 2.05) is 24.3 Å². The molecule has 0 amide bonds. The van der Waals surface area contributed by atoms with E-state index in [-0.39, 0.29) is 5.69 Å². The van der Waals surface area contributed by atoms with Crippen LogP contribution in [0.3, 0.4) is 0 Å². The molecular weight excluding hydrogens is 362 g/mol. The van der Waals surface area contributed by atoms with Crippen molar-refractivity contribution in [1.82, 2.24) is 15.2 Å². The molecule has 0 fully saturated rings. The Hall–Kier alpha value is -2.72. The maximum atomic E-state index is 10.8. The van der Waals surface area contributed by atoms with E-state index in [2.05, 4.69) is 20.5 Å². The Labute approximate surface area is 151 Å². The van der Waals surface area contributed by atoms with E-state index in [0.29, 0.717) is 25.8 Å². The molecule has 0 unspecified atom stereocenters. The van der Waals surface area contributed by atoms with Gasteiger partial charge >= 0.3 is 0 Å². The van der Waals surface area contributed by atoms with Gasteiger partial charge in [-0.3, -0.25) is 10.1 Å². The number of benzene rings is 1. The van der Waals surface area contributed by atoms with E-state index in [1.165, 1.54) is 35.4 Å². The summed E-state index contributed by atoms with van der Waals surface area (Å²) in [4.78, 5) is 14.4. The molecule has 8 nitrogen and oxygen atoms in total. The second-order valence-corrected chi connectivity index (χ2v) is 7.09. The smallest absolute Gasteiger partial charge is 0.287 e. The number of nitro groups is 1. The summed E-state index contributed by atoms with van der Waals surface area (Å²) in [5.41, 5.74) is 1.48. The summed E-state index contributed by atoms with van der Waals surface area (Å²) in [6.07, 6.45) is 1.24. The molecule has 0 saturated carbocycles. The van der Waals surface area contributed by atoms with Gasteiger partial charge in [-0.2, -0.15) is 0 Å². The molecular formula is C15H13N5O3S2. The summed E-state index contributed by atoms with van der Waals surface area (Å²) < 4.78 is 5.97. The molecule has 0 bridgehead atoms. The Morgan fingerprint density at radius 3 is 2.84 bits per heavy atom. The van der Waals surface area contributed by atoms with Gasteiger partial charge in [0.05, 0.1) is 17.7 Å². The molecule has 2 heterocycles. The molecule has 0 radical (unpaired) electrons. The van der Waals surface area contributed by atoms with Gasteiger partial charge in [0.15, 0.2) is 4.34 Å². The second-order valence-electron chi connectivity index (χ2n) is 4.87. The van der Waals surface area contributed by atoms with Crippen LogP contribution >= 0.6 is 23.1 Å². The maximum absolute atomic E-state index is 10.8. The van der Waals surface area contributed by atoms with Crippen molar-refractivity contribution in [3.05, 3.63) is 52.2 Å². The zero-order valence-corrected chi connectivity index (χ0v) is 14.9. The van der Waals surface area contributed by atoms with E-state index < -0.39 is 4.92 Å². The number of hydrogen-bond donors (Lipinski definition) is 1. The molecule has 128 valence electrons. The van der Waals surface area contributed by atoms with Gasteiger partial charge in [0, 0.05) is 6.07 Å². The van der Waals surface area contributed by atoms with Crippen LogP contribution in [0.15, 0.2) is 45.9 Å². The van der Waals surface area contributed by atoms with E-state index in [9.17, 15) is 10.1 Å². The molecule has 3 rings (SSSR count). The Morgan fingerprint density at radius 1 is 1.32 bits per heavy atom. The summed E-state index contributed by atoms with van der Waals surface area (Å²) in [7, 11) is 1.60. The summed E-state index contributed by atoms with van der Waals surface area (Å²) in [5.74, 6) is 0.708. The van der Waals surface area contributed by atoms with Crippen LogP contribution in [0, 0.1) is 17.0 Å². The van der Waals surface area contributed by atoms with Gasteiger partial charge in [0.2, 0.25) is 5.13 Å². The molecule has 0 atom stereocenters. The van der Waals surface area contributed by atoms with Gasteiger partial charge in [0.1, 0.15) is 17.0 Å². The van der Waals surface area contributed by atoms with E-state index in [1.54, 1.807) is 14.0 Å². The number of nitrogens with zero attached hydrogens (tertiary/aromatic N) is 4. The van der Waals surface area contributed by atoms with Crippen molar-refractivity contribution in [3.8, 4) is 5.75 Å². The van der Waals surface area contributed by atoms with Crippen LogP contribution in [-0.4, -0.2) is 27.2 Å². The first kappa shape index (κ1) is 17.1. The standard InChI is InChI=1S/C15H13N5O3S2/c1-9-7-10(20(21)22)8-16-13(9)24-15-19-18-14(25-15)17-11-5-3-4-6-12(11)23-2/h3-8H,1-2H3,(H,17,18). The van der Waals surface area contributed by atoms with Gasteiger partial charge in [-0.25, -0.2) is 4.98 Å². The Balaban J connectivity index is 1.75. The van der Waals surface area contributed by atoms with Crippen LogP contribution in [0.1, 0.15) is 5.56 Å². The molecule has 1 aromatic carbocycles. The highest BCUT2D eigenvalue weighted by atomic mass is 32.2. The minimum absolute atomic E-state index is 0.0300. The summed E-state index contributed by atoms with van der Waals surface area (Å²) in [5, 5.41) is 23.4. The molecule has 0 aliphatic rings. The highest BCUT2D eigenvalue weighted by Crippen LogP contribution is 2.35. The predicted molar refractivity (Wildman–Crippen MR) is 95.9 cm³/mol. The van der Waals surface area contributed by atoms with Crippen LogP contribution in [0.2, 0.25) is 0 Å². The van der Waals surface area contributed by atoms with Crippen molar-refractivity contribution < 1.29 is 9.66 Å². The van der Waals surface area contributed by atoms with Crippen LogP contribution < -0.4 is 10.1 Å². The van der Waals surface area contributed by atoms with Crippen LogP contribution in [0.5, 0.6) is 5.75 Å². The SMILES string of the molecule is COc1ccccc1Nc1nnc(Sc2ncc([N+](=O)[O-])cc2C)s1. The number of pyridine rings is 1. The van der Waals surface area contributed by atoms with Gasteiger partial charge < -0.3 is 10.1 Å². The number of nitrogens with one attached hydrogen (secondary N) is 1. The number of para-hydroxylation sites is 2. The molecule has 2 aromatic heterocycles. The average molecular weight is 375 g/mol. The van der Waals surface area contributed by atoms with Gasteiger partial charge in [0.25, 0.3) is 5.69 Å². The third-order valence-corrected chi connectivity index (χ3v) is 5.18. The van der Waals surface area contributed by atoms with Gasteiger partial charge in [-0.1, -0.05) is 23.5 Å². The third-order valence-electron chi connectivity index (χ3n) is 3.17. The lowest BCUT2D eigenvalue weighted by Crippen LogP contribution is -1.93. The minimum atomic E-state index is -0.464. The average Bonchev–Trinajstić information content (AvgIpc) is 3.04. The van der Waals surface area contributed by atoms with Crippen molar-refractivity contribution in [3.63, 3.8) is 0 Å². The number of aryl methyl sites for hydroxylation is 1. The quantitative estimate of drug-likeness (QED) is 0.508. The van der Waals surface area contributed by atoms with Crippen LogP contribution in [-0.2, 0) is 0 Å². The van der Waals surface area contributed by atoms with Gasteiger partial charge in [-0.15, -0.1) is 10.2 Å². The first-order chi connectivity index (χ1) is 12.1. The number of ether oxygens (including phenoxy) is 1. The Kier molecular flexibility index (Phi) is 5.10. The fraction of sp³-hybridized carbons (Fsp3) is 0.133. The number of hydrogen-bond acceptors (Lipinski definition) is 9. The van der Waals surface area contributed by atoms with Crippen LogP contribution in [0.4, 0.5) is 16.5 Å². The minimum Gasteiger partial charge on any atom is -0.495 e. The highest BCUT2D eigenvalue weighted by Gasteiger charge is 2.13. The van der Waals surface area contributed by atoms with Crippen molar-refractivity contribution in [2.45, 2.75) is 16.3 Å². The van der Waals surface area contributed by atoms with E-state index in [0.717, 1.165) is 5.69 Å². The molecule has 0 saturated heterocycles. The molecule has 25 heavy (non-hydrogen) atoms. The topological polar surface area (TPSA) is 103 Å². The van der Waals surface area contributed by atoms with Gasteiger partial charge in [-0.05, 0) is 36.4 Å². The molecule has 1 N–H and O–H groups in total. The molecule has 0 aliphatic heterocycles. The Morgan fingerprint density at radius 2 is 2.12 bits per heavy atom. The second kappa shape index (κ2) is 7.45. The monoisotopic (exact) mass is 375 g/mol. The summed E-state index contributed by atoms with van der Waals surface area (Å²) in [6, 6.07) is 9.00. The number of aromatic nitrogens is 3. The van der Waals surface area contributed by atoms with Crippen molar-refractivity contribution in [2.24, 2.45) is 0 Å². The molecule has 10 heteroatoms. The lowest BCUT2D eigenvalue weighted by Gasteiger charge is -2.07. The lowest BCUT2D eigenvalue weighted by molar-refractivity contribution is -0.385. The van der Waals surface area contributed by atoms with Crippen molar-refractivity contribution in [2.75, 3.05) is 12.4 Å². The number of anilines is 2. The van der Waals surface area contributed by atoms with Crippen molar-refractivity contribution >= 4 is 39.6 Å². The number of rotatable bonds is 6. The zero-order chi connectivity index (χ0) is 17.8. The largest absolute Gasteiger partial charge is 0.495 e. The van der Waals surface area contributed by atoms with Crippen LogP contribution in [0.25, 0.3) is 0 Å². The fourth-order valence-electron chi connectivity index (χ4n) is 2.00. The first-order valence-corrected chi connectivity index (χ1v) is 8.72. The predicted octanol–water partition coefficient (Wildman–Crippen LogP) is 4.05. The molecule has 0 spiro atoms. The first-order valence-electron chi connectivity index (χ1n) is 7.09. The van der Waals surface area contributed by atoms with E-state index in [4.69, 9.17) is 4.74 Å². The maximum Gasteiger partial charge on any atom is 0.287 e.